The molecule has 0 radical (unpaired) electrons. The van der Waals surface area contributed by atoms with Crippen molar-refractivity contribution in [3.8, 4) is 0 Å². The fraction of sp³-hybridized carbons (Fsp3) is 0.920. The summed E-state index contributed by atoms with van der Waals surface area (Å²) in [6.07, 6.45) is 8.90. The second-order valence-electron chi connectivity index (χ2n) is 11.5. The van der Waals surface area contributed by atoms with Gasteiger partial charge in [0.15, 0.2) is 0 Å². The molecule has 0 bridgehead atoms. The molecule has 0 aromatic rings. The minimum Gasteiger partial charge on any atom is -0.463 e. The number of fused-ring (bicyclic) bond motifs is 5. The highest BCUT2D eigenvalue weighted by molar-refractivity contribution is 5.66. The molecule has 4 fully saturated rings. The van der Waals surface area contributed by atoms with Crippen molar-refractivity contribution in [1.29, 1.82) is 0 Å². The van der Waals surface area contributed by atoms with E-state index in [1.165, 1.54) is 13.8 Å². The van der Waals surface area contributed by atoms with Gasteiger partial charge in [-0.25, -0.2) is 0 Å². The Morgan fingerprint density at radius 2 is 1.75 bits per heavy atom. The molecule has 32 heavy (non-hydrogen) atoms. The molecule has 0 amide bonds. The predicted molar refractivity (Wildman–Crippen MR) is 120 cm³/mol. The highest BCUT2D eigenvalue weighted by Crippen LogP contribution is 2.70. The summed E-state index contributed by atoms with van der Waals surface area (Å²) in [5.41, 5.74) is 9.30. The van der Waals surface area contributed by atoms with Crippen molar-refractivity contribution in [3.63, 3.8) is 0 Å². The monoisotopic (exact) mass is 445 g/mol. The van der Waals surface area contributed by atoms with E-state index in [1.807, 2.05) is 6.92 Å². The van der Waals surface area contributed by atoms with Crippen LogP contribution in [0, 0.1) is 34.5 Å². The normalized spacial score (nSPS) is 46.0. The van der Waals surface area contributed by atoms with Gasteiger partial charge in [-0.2, -0.15) is 0 Å². The summed E-state index contributed by atoms with van der Waals surface area (Å²) in [6, 6.07) is 0. The minimum absolute atomic E-state index is 0.0440. The molecule has 4 aliphatic rings. The molecule has 9 atom stereocenters. The van der Waals surface area contributed by atoms with Gasteiger partial charge in [-0.1, -0.05) is 19.0 Å². The summed E-state index contributed by atoms with van der Waals surface area (Å²) in [7, 11) is 0. The number of rotatable bonds is 4. The van der Waals surface area contributed by atoms with Crippen LogP contribution in [0.3, 0.4) is 0 Å². The first-order valence-corrected chi connectivity index (χ1v) is 12.5. The Morgan fingerprint density at radius 3 is 2.41 bits per heavy atom. The third kappa shape index (κ3) is 3.43. The fourth-order valence-electron chi connectivity index (χ4n) is 8.98. The van der Waals surface area contributed by atoms with E-state index in [4.69, 9.17) is 9.47 Å². The maximum absolute atomic E-state index is 11.7. The van der Waals surface area contributed by atoms with Crippen LogP contribution in [0.5, 0.6) is 0 Å². The lowest BCUT2D eigenvalue weighted by Crippen LogP contribution is -2.62. The van der Waals surface area contributed by atoms with E-state index in [9.17, 15) is 15.1 Å². The van der Waals surface area contributed by atoms with E-state index in [0.717, 1.165) is 57.8 Å². The smallest absolute Gasteiger partial charge is 0.302 e. The zero-order valence-corrected chi connectivity index (χ0v) is 20.3. The third-order valence-electron chi connectivity index (χ3n) is 10.4. The number of hydrogen-bond acceptors (Lipinski definition) is 5. The van der Waals surface area contributed by atoms with E-state index < -0.39 is 5.54 Å². The van der Waals surface area contributed by atoms with Gasteiger partial charge in [0.1, 0.15) is 12.2 Å². The molecule has 4 rings (SSSR count). The van der Waals surface area contributed by atoms with Crippen LogP contribution in [0.15, 0.2) is 5.11 Å². The maximum Gasteiger partial charge on any atom is 0.302 e. The molecular weight excluding hydrogens is 406 g/mol. The molecule has 4 saturated carbocycles. The predicted octanol–water partition coefficient (Wildman–Crippen LogP) is 5.96. The van der Waals surface area contributed by atoms with Crippen LogP contribution in [0.25, 0.3) is 10.4 Å². The Kier molecular flexibility index (Phi) is 6.02. The van der Waals surface area contributed by atoms with Gasteiger partial charge in [0.2, 0.25) is 0 Å². The van der Waals surface area contributed by atoms with Gasteiger partial charge < -0.3 is 9.47 Å². The summed E-state index contributed by atoms with van der Waals surface area (Å²) in [6.45, 7) is 9.72. The molecule has 0 aliphatic heterocycles. The zero-order chi connectivity index (χ0) is 23.3. The van der Waals surface area contributed by atoms with E-state index in [2.05, 4.69) is 23.9 Å². The molecule has 0 heterocycles. The first-order valence-electron chi connectivity index (χ1n) is 12.5. The van der Waals surface area contributed by atoms with Crippen LogP contribution in [0.1, 0.15) is 92.4 Å². The van der Waals surface area contributed by atoms with Crippen LogP contribution < -0.4 is 0 Å². The van der Waals surface area contributed by atoms with Crippen LogP contribution >= 0.6 is 0 Å². The van der Waals surface area contributed by atoms with Crippen molar-refractivity contribution in [3.05, 3.63) is 10.4 Å². The Hall–Kier alpha value is -1.75. The lowest BCUT2D eigenvalue weighted by molar-refractivity contribution is -0.167. The maximum atomic E-state index is 11.7. The van der Waals surface area contributed by atoms with Crippen molar-refractivity contribution >= 4 is 11.9 Å². The molecule has 0 aromatic carbocycles. The van der Waals surface area contributed by atoms with Gasteiger partial charge in [-0.3, -0.25) is 9.59 Å². The molecule has 7 nitrogen and oxygen atoms in total. The molecule has 4 aliphatic carbocycles. The number of carbonyl (C=O) groups is 2. The summed E-state index contributed by atoms with van der Waals surface area (Å²) in [4.78, 5) is 26.6. The second-order valence-corrected chi connectivity index (χ2v) is 11.5. The van der Waals surface area contributed by atoms with E-state index in [1.54, 1.807) is 0 Å². The van der Waals surface area contributed by atoms with Crippen LogP contribution in [-0.2, 0) is 19.1 Å². The first kappa shape index (κ1) is 23.4. The highest BCUT2D eigenvalue weighted by atomic mass is 16.5. The van der Waals surface area contributed by atoms with Gasteiger partial charge in [0.25, 0.3) is 0 Å². The Labute approximate surface area is 191 Å². The van der Waals surface area contributed by atoms with Crippen LogP contribution in [0.4, 0.5) is 0 Å². The molecule has 0 unspecified atom stereocenters. The molecule has 7 heteroatoms. The lowest BCUT2D eigenvalue weighted by Gasteiger charge is -2.64. The average Bonchev–Trinajstić information content (AvgIpc) is 3.01. The van der Waals surface area contributed by atoms with Crippen molar-refractivity contribution < 1.29 is 19.1 Å². The minimum atomic E-state index is -0.412. The number of ether oxygens (including phenoxy) is 2. The van der Waals surface area contributed by atoms with E-state index in [0.29, 0.717) is 17.8 Å². The number of carbonyl (C=O) groups excluding carboxylic acids is 2. The second kappa shape index (κ2) is 8.23. The molecular formula is C25H39N3O4. The summed E-state index contributed by atoms with van der Waals surface area (Å²) in [5, 5.41) is 4.64. The quantitative estimate of drug-likeness (QED) is 0.230. The first-order chi connectivity index (χ1) is 15.1. The van der Waals surface area contributed by atoms with Crippen molar-refractivity contribution in [2.45, 2.75) is 110 Å². The fourth-order valence-corrected chi connectivity index (χ4v) is 8.98. The lowest BCUT2D eigenvalue weighted by atomic mass is 9.42. The SMILES string of the molecule is CC(=O)O[C@H]1CC[C@@]2(C)[C@H](CC[C@@H]3[C@@H]2CC[C@]2(C)[C@@H]([C@@H](C)OC(C)=O)CC[C@]32N=[N+]=[N-])C1. The summed E-state index contributed by atoms with van der Waals surface area (Å²) in [5.74, 6) is 1.21. The Balaban J connectivity index is 1.64. The standard InChI is InChI=1S/C25H39N3O4/c1-15(31-16(2)29)20-10-13-25(27-28-26)22-7-6-18-14-19(32-17(3)30)8-11-23(18,4)21(22)9-12-24(20,25)5/h15,18-22H,6-14H2,1-5H3/t15-,18-,19+,20-,21+,22-,23+,24-,25+/m1/s1. The number of hydrogen-bond donors (Lipinski definition) is 0. The average molecular weight is 446 g/mol. The Morgan fingerprint density at radius 1 is 1.00 bits per heavy atom. The highest BCUT2D eigenvalue weighted by Gasteiger charge is 2.68. The number of nitrogens with zero attached hydrogens (tertiary/aromatic N) is 3. The zero-order valence-electron chi connectivity index (χ0n) is 20.3. The number of esters is 2. The molecule has 0 saturated heterocycles. The topological polar surface area (TPSA) is 101 Å². The van der Waals surface area contributed by atoms with Crippen LogP contribution in [0.2, 0.25) is 0 Å². The van der Waals surface area contributed by atoms with Gasteiger partial charge in [0, 0.05) is 24.7 Å². The molecule has 0 aromatic heterocycles. The Bertz CT molecular complexity index is 826. The van der Waals surface area contributed by atoms with Crippen molar-refractivity contribution in [1.82, 2.24) is 0 Å². The van der Waals surface area contributed by atoms with Gasteiger partial charge >= 0.3 is 11.9 Å². The summed E-state index contributed by atoms with van der Waals surface area (Å²) < 4.78 is 11.2. The largest absolute Gasteiger partial charge is 0.463 e. The van der Waals surface area contributed by atoms with E-state index in [-0.39, 0.29) is 40.9 Å². The number of azide groups is 1. The van der Waals surface area contributed by atoms with Crippen molar-refractivity contribution in [2.75, 3.05) is 0 Å². The molecule has 0 spiro atoms. The molecule has 0 N–H and O–H groups in total. The van der Waals surface area contributed by atoms with E-state index >= 15 is 0 Å². The van der Waals surface area contributed by atoms with Crippen LogP contribution in [-0.4, -0.2) is 29.7 Å². The van der Waals surface area contributed by atoms with Gasteiger partial charge in [0.05, 0.1) is 5.54 Å². The molecule has 178 valence electrons. The third-order valence-corrected chi connectivity index (χ3v) is 10.4. The van der Waals surface area contributed by atoms with Gasteiger partial charge in [-0.15, -0.1) is 0 Å². The van der Waals surface area contributed by atoms with Gasteiger partial charge in [-0.05, 0) is 98.8 Å². The summed E-state index contributed by atoms with van der Waals surface area (Å²) >= 11 is 0. The van der Waals surface area contributed by atoms with Crippen molar-refractivity contribution in [2.24, 2.45) is 39.6 Å².